The van der Waals surface area contributed by atoms with Crippen molar-refractivity contribution in [1.29, 1.82) is 0 Å². The molecule has 0 aliphatic heterocycles. The van der Waals surface area contributed by atoms with Gasteiger partial charge in [0, 0.05) is 12.6 Å². The summed E-state index contributed by atoms with van der Waals surface area (Å²) in [6.45, 7) is 7.09. The summed E-state index contributed by atoms with van der Waals surface area (Å²) in [7, 11) is 0. The molecular formula is C18H24N6O. The molecule has 2 aromatic heterocycles. The van der Waals surface area contributed by atoms with Crippen molar-refractivity contribution in [2.24, 2.45) is 0 Å². The lowest BCUT2D eigenvalue weighted by Crippen LogP contribution is -2.41. The Kier molecular flexibility index (Phi) is 5.45. The summed E-state index contributed by atoms with van der Waals surface area (Å²) < 4.78 is 1.27. The summed E-state index contributed by atoms with van der Waals surface area (Å²) in [5.74, 6) is 0.668. The number of benzene rings is 1. The molecule has 0 radical (unpaired) electrons. The van der Waals surface area contributed by atoms with Crippen LogP contribution in [-0.4, -0.2) is 50.4 Å². The van der Waals surface area contributed by atoms with Gasteiger partial charge in [0.2, 0.25) is 0 Å². The van der Waals surface area contributed by atoms with E-state index in [2.05, 4.69) is 63.6 Å². The van der Waals surface area contributed by atoms with E-state index in [9.17, 15) is 4.79 Å². The highest BCUT2D eigenvalue weighted by Gasteiger charge is 2.16. The molecule has 132 valence electrons. The number of likely N-dealkylation sites (N-methyl/N-ethyl adjacent to an activating group) is 1. The van der Waals surface area contributed by atoms with Gasteiger partial charge in [0.05, 0.1) is 0 Å². The second-order valence-corrected chi connectivity index (χ2v) is 5.96. The number of nitrogens with one attached hydrogen (secondary N) is 2. The zero-order valence-corrected chi connectivity index (χ0v) is 14.6. The third-order valence-electron chi connectivity index (χ3n) is 4.44. The fraction of sp³-hybridized carbons (Fsp3) is 0.389. The van der Waals surface area contributed by atoms with Crippen molar-refractivity contribution in [2.45, 2.75) is 26.3 Å². The second kappa shape index (κ2) is 7.94. The van der Waals surface area contributed by atoms with Gasteiger partial charge in [0.15, 0.2) is 5.65 Å². The Bertz CT molecular complexity index is 853. The van der Waals surface area contributed by atoms with Crippen molar-refractivity contribution >= 4 is 11.5 Å². The van der Waals surface area contributed by atoms with E-state index in [1.807, 2.05) is 12.1 Å². The highest BCUT2D eigenvalue weighted by molar-refractivity contribution is 5.43. The number of H-pyrrole nitrogens is 1. The Morgan fingerprint density at radius 3 is 2.64 bits per heavy atom. The average Bonchev–Trinajstić information content (AvgIpc) is 3.02. The number of aromatic amines is 1. The van der Waals surface area contributed by atoms with Gasteiger partial charge in [0.1, 0.15) is 5.82 Å². The minimum atomic E-state index is -0.330. The largest absolute Gasteiger partial charge is 0.367 e. The summed E-state index contributed by atoms with van der Waals surface area (Å²) in [4.78, 5) is 14.1. The van der Waals surface area contributed by atoms with E-state index in [4.69, 9.17) is 0 Å². The number of rotatable bonds is 8. The molecule has 0 bridgehead atoms. The molecular weight excluding hydrogens is 316 g/mol. The molecule has 0 saturated heterocycles. The van der Waals surface area contributed by atoms with E-state index in [0.717, 1.165) is 26.1 Å². The smallest absolute Gasteiger partial charge is 0.364 e. The molecule has 1 unspecified atom stereocenters. The summed E-state index contributed by atoms with van der Waals surface area (Å²) in [6, 6.07) is 14.5. The van der Waals surface area contributed by atoms with Gasteiger partial charge >= 0.3 is 5.69 Å². The topological polar surface area (TPSA) is 78.3 Å². The summed E-state index contributed by atoms with van der Waals surface area (Å²) in [5.41, 5.74) is 1.50. The highest BCUT2D eigenvalue weighted by atomic mass is 16.2. The van der Waals surface area contributed by atoms with Crippen molar-refractivity contribution < 1.29 is 0 Å². The first kappa shape index (κ1) is 17.2. The van der Waals surface area contributed by atoms with E-state index in [1.54, 1.807) is 6.07 Å². The number of hydrogen-bond acceptors (Lipinski definition) is 5. The third kappa shape index (κ3) is 4.06. The van der Waals surface area contributed by atoms with Crippen LogP contribution in [0.2, 0.25) is 0 Å². The lowest BCUT2D eigenvalue weighted by atomic mass is 10.0. The van der Waals surface area contributed by atoms with Gasteiger partial charge in [-0.1, -0.05) is 44.2 Å². The molecule has 3 rings (SSSR count). The third-order valence-corrected chi connectivity index (χ3v) is 4.44. The van der Waals surface area contributed by atoms with Crippen molar-refractivity contribution in [2.75, 3.05) is 25.0 Å². The van der Waals surface area contributed by atoms with Gasteiger partial charge in [-0.3, -0.25) is 4.90 Å². The minimum Gasteiger partial charge on any atom is -0.367 e. The molecule has 0 saturated carbocycles. The van der Waals surface area contributed by atoms with Crippen LogP contribution >= 0.6 is 0 Å². The van der Waals surface area contributed by atoms with E-state index in [0.29, 0.717) is 17.5 Å². The fourth-order valence-electron chi connectivity index (χ4n) is 3.08. The Morgan fingerprint density at radius 2 is 1.92 bits per heavy atom. The van der Waals surface area contributed by atoms with E-state index >= 15 is 0 Å². The normalized spacial score (nSPS) is 12.6. The molecule has 3 aromatic rings. The number of aromatic nitrogens is 4. The van der Waals surface area contributed by atoms with E-state index < -0.39 is 0 Å². The first-order chi connectivity index (χ1) is 12.2. The lowest BCUT2D eigenvalue weighted by Gasteiger charge is -2.30. The molecule has 0 amide bonds. The molecule has 7 nitrogen and oxygen atoms in total. The Labute approximate surface area is 146 Å². The van der Waals surface area contributed by atoms with Gasteiger partial charge in [0.25, 0.3) is 0 Å². The van der Waals surface area contributed by atoms with Gasteiger partial charge in [-0.25, -0.2) is 9.89 Å². The minimum absolute atomic E-state index is 0.330. The predicted octanol–water partition coefficient (Wildman–Crippen LogP) is 1.78. The number of hydrogen-bond donors (Lipinski definition) is 2. The van der Waals surface area contributed by atoms with Gasteiger partial charge in [-0.15, -0.1) is 5.10 Å². The van der Waals surface area contributed by atoms with Crippen LogP contribution in [0.4, 0.5) is 5.82 Å². The Morgan fingerprint density at radius 1 is 1.16 bits per heavy atom. The molecule has 0 spiro atoms. The summed E-state index contributed by atoms with van der Waals surface area (Å²) in [6.07, 6.45) is 0.962. The van der Waals surface area contributed by atoms with Crippen LogP contribution in [0.3, 0.4) is 0 Å². The molecule has 2 heterocycles. The SMILES string of the molecule is CCN(CC)C(CNc1ccc2n[nH]c(=O)n2n1)Cc1ccccc1. The standard InChI is InChI=1S/C18H24N6O/c1-3-23(4-2)15(12-14-8-6-5-7-9-14)13-19-16-10-11-17-20-21-18(25)24(17)22-16/h5-11,15H,3-4,12-13H2,1-2H3,(H,19,22)(H,21,25). The van der Waals surface area contributed by atoms with Crippen LogP contribution in [-0.2, 0) is 6.42 Å². The maximum absolute atomic E-state index is 11.7. The average molecular weight is 340 g/mol. The van der Waals surface area contributed by atoms with E-state index in [-0.39, 0.29) is 5.69 Å². The summed E-state index contributed by atoms with van der Waals surface area (Å²) in [5, 5.41) is 14.0. The zero-order valence-electron chi connectivity index (χ0n) is 14.6. The molecule has 0 fully saturated rings. The van der Waals surface area contributed by atoms with Gasteiger partial charge < -0.3 is 5.32 Å². The maximum atomic E-state index is 11.7. The fourth-order valence-corrected chi connectivity index (χ4v) is 3.08. The van der Waals surface area contributed by atoms with Crippen molar-refractivity contribution in [3.63, 3.8) is 0 Å². The molecule has 0 aliphatic carbocycles. The Hall–Kier alpha value is -2.67. The first-order valence-corrected chi connectivity index (χ1v) is 8.67. The van der Waals surface area contributed by atoms with Crippen LogP contribution in [0, 0.1) is 0 Å². The first-order valence-electron chi connectivity index (χ1n) is 8.67. The molecule has 1 atom stereocenters. The lowest BCUT2D eigenvalue weighted by molar-refractivity contribution is 0.224. The van der Waals surface area contributed by atoms with Crippen LogP contribution in [0.5, 0.6) is 0 Å². The number of nitrogens with zero attached hydrogens (tertiary/aromatic N) is 4. The molecule has 25 heavy (non-hydrogen) atoms. The number of anilines is 1. The van der Waals surface area contributed by atoms with Crippen molar-refractivity contribution in [3.8, 4) is 0 Å². The Balaban J connectivity index is 1.74. The summed E-state index contributed by atoms with van der Waals surface area (Å²) >= 11 is 0. The quantitative estimate of drug-likeness (QED) is 0.653. The molecule has 7 heteroatoms. The molecule has 0 aliphatic rings. The van der Waals surface area contributed by atoms with E-state index in [1.165, 1.54) is 10.1 Å². The van der Waals surface area contributed by atoms with Crippen molar-refractivity contribution in [1.82, 2.24) is 24.7 Å². The second-order valence-electron chi connectivity index (χ2n) is 5.96. The molecule has 2 N–H and O–H groups in total. The zero-order chi connectivity index (χ0) is 17.6. The van der Waals surface area contributed by atoms with Crippen molar-refractivity contribution in [3.05, 3.63) is 58.5 Å². The van der Waals surface area contributed by atoms with Gasteiger partial charge in [-0.05, 0) is 37.2 Å². The van der Waals surface area contributed by atoms with Crippen LogP contribution in [0.1, 0.15) is 19.4 Å². The van der Waals surface area contributed by atoms with Crippen LogP contribution in [0.15, 0.2) is 47.3 Å². The van der Waals surface area contributed by atoms with Crippen LogP contribution in [0.25, 0.3) is 5.65 Å². The van der Waals surface area contributed by atoms with Gasteiger partial charge in [-0.2, -0.15) is 9.61 Å². The van der Waals surface area contributed by atoms with Crippen LogP contribution < -0.4 is 11.0 Å². The monoisotopic (exact) mass is 340 g/mol. The number of fused-ring (bicyclic) bond motifs is 1. The molecule has 1 aromatic carbocycles. The predicted molar refractivity (Wildman–Crippen MR) is 99.0 cm³/mol. The maximum Gasteiger partial charge on any atom is 0.364 e. The highest BCUT2D eigenvalue weighted by Crippen LogP contribution is 2.11.